The van der Waals surface area contributed by atoms with E-state index in [0.717, 1.165) is 32.5 Å². The van der Waals surface area contributed by atoms with Gasteiger partial charge in [-0.15, -0.1) is 0 Å². The summed E-state index contributed by atoms with van der Waals surface area (Å²) in [6, 6.07) is 15.0. The van der Waals surface area contributed by atoms with Gasteiger partial charge in [0.2, 0.25) is 0 Å². The Balaban J connectivity index is 1.61. The summed E-state index contributed by atoms with van der Waals surface area (Å²) in [5.74, 6) is 0.625. The molecule has 1 fully saturated rings. The van der Waals surface area contributed by atoms with Crippen LogP contribution < -0.4 is 5.32 Å². The summed E-state index contributed by atoms with van der Waals surface area (Å²) in [4.78, 5) is 0. The van der Waals surface area contributed by atoms with Gasteiger partial charge in [-0.05, 0) is 70.6 Å². The first-order valence-corrected chi connectivity index (χ1v) is 8.55. The average Bonchev–Trinajstić information content (AvgIpc) is 2.35. The lowest BCUT2D eigenvalue weighted by molar-refractivity contribution is 0.374. The summed E-state index contributed by atoms with van der Waals surface area (Å²) in [5, 5.41) is 4.42. The van der Waals surface area contributed by atoms with Crippen LogP contribution in [0.1, 0.15) is 24.3 Å². The van der Waals surface area contributed by atoms with Crippen LogP contribution in [0.5, 0.6) is 0 Å². The molecule has 3 rings (SSSR count). The van der Waals surface area contributed by atoms with Crippen molar-refractivity contribution >= 4 is 49.1 Å². The molecule has 1 saturated carbocycles. The molecule has 0 amide bonds. The van der Waals surface area contributed by atoms with Gasteiger partial charge in [-0.3, -0.25) is 0 Å². The predicted molar refractivity (Wildman–Crippen MR) is 92.7 cm³/mol. The molecule has 0 aromatic heterocycles. The Morgan fingerprint density at radius 1 is 1.05 bits per heavy atom. The second-order valence-electron chi connectivity index (χ2n) is 5.19. The molecule has 1 aliphatic carbocycles. The van der Waals surface area contributed by atoms with Crippen LogP contribution >= 0.6 is 43.5 Å². The lowest BCUT2D eigenvalue weighted by Gasteiger charge is -2.37. The van der Waals surface area contributed by atoms with Crippen LogP contribution in [0.25, 0.3) is 0 Å². The van der Waals surface area contributed by atoms with Crippen LogP contribution in [0.3, 0.4) is 0 Å². The number of anilines is 1. The first-order chi connectivity index (χ1) is 9.61. The predicted octanol–water partition coefficient (Wildman–Crippen LogP) is 6.22. The molecule has 20 heavy (non-hydrogen) atoms. The van der Waals surface area contributed by atoms with E-state index in [1.807, 2.05) is 12.1 Å². The molecular formula is C16H14Br2ClN. The standard InChI is InChI=1S/C16H14Br2ClN/c17-12-4-5-16(15(18)9-12)20-14-7-11(8-14)10-2-1-3-13(19)6-10/h1-6,9,11,14,20H,7-8H2. The minimum absolute atomic E-state index is 0.538. The summed E-state index contributed by atoms with van der Waals surface area (Å²) in [6.07, 6.45) is 2.31. The zero-order valence-corrected chi connectivity index (χ0v) is 14.7. The number of hydrogen-bond acceptors (Lipinski definition) is 1. The summed E-state index contributed by atoms with van der Waals surface area (Å²) in [6.45, 7) is 0. The molecule has 2 aromatic rings. The fraction of sp³-hybridized carbons (Fsp3) is 0.250. The van der Waals surface area contributed by atoms with Gasteiger partial charge >= 0.3 is 0 Å². The smallest absolute Gasteiger partial charge is 0.0487 e. The highest BCUT2D eigenvalue weighted by Crippen LogP contribution is 2.40. The van der Waals surface area contributed by atoms with E-state index in [9.17, 15) is 0 Å². The van der Waals surface area contributed by atoms with E-state index < -0.39 is 0 Å². The molecule has 0 atom stereocenters. The molecule has 0 aliphatic heterocycles. The largest absolute Gasteiger partial charge is 0.381 e. The molecular weight excluding hydrogens is 401 g/mol. The fourth-order valence-electron chi connectivity index (χ4n) is 2.59. The SMILES string of the molecule is Clc1cccc(C2CC(Nc3ccc(Br)cc3Br)C2)c1. The number of nitrogens with one attached hydrogen (secondary N) is 1. The third kappa shape index (κ3) is 3.21. The Bertz CT molecular complexity index is 624. The molecule has 0 unspecified atom stereocenters. The van der Waals surface area contributed by atoms with Crippen molar-refractivity contribution in [2.45, 2.75) is 24.8 Å². The monoisotopic (exact) mass is 413 g/mol. The minimum atomic E-state index is 0.538. The van der Waals surface area contributed by atoms with Gasteiger partial charge in [0.05, 0.1) is 0 Å². The molecule has 0 radical (unpaired) electrons. The van der Waals surface area contributed by atoms with Crippen molar-refractivity contribution in [1.29, 1.82) is 0 Å². The molecule has 1 aliphatic rings. The summed E-state index contributed by atoms with van der Waals surface area (Å²) in [7, 11) is 0. The van der Waals surface area contributed by atoms with Crippen molar-refractivity contribution < 1.29 is 0 Å². The van der Waals surface area contributed by atoms with E-state index >= 15 is 0 Å². The van der Waals surface area contributed by atoms with Gasteiger partial charge in [-0.1, -0.05) is 39.7 Å². The van der Waals surface area contributed by atoms with Gasteiger partial charge < -0.3 is 5.32 Å². The lowest BCUT2D eigenvalue weighted by Crippen LogP contribution is -2.34. The maximum absolute atomic E-state index is 6.05. The first kappa shape index (κ1) is 14.4. The summed E-state index contributed by atoms with van der Waals surface area (Å²) >= 11 is 13.1. The maximum atomic E-state index is 6.05. The number of halogens is 3. The molecule has 1 nitrogen and oxygen atoms in total. The normalized spacial score (nSPS) is 21.4. The van der Waals surface area contributed by atoms with E-state index in [1.54, 1.807) is 0 Å². The Kier molecular flexibility index (Phi) is 4.39. The quantitative estimate of drug-likeness (QED) is 0.627. The summed E-state index contributed by atoms with van der Waals surface area (Å²) in [5.41, 5.74) is 2.51. The van der Waals surface area contributed by atoms with Gasteiger partial charge in [0, 0.05) is 25.7 Å². The van der Waals surface area contributed by atoms with Crippen LogP contribution in [0.15, 0.2) is 51.4 Å². The van der Waals surface area contributed by atoms with E-state index in [2.05, 4.69) is 67.5 Å². The summed E-state index contributed by atoms with van der Waals surface area (Å²) < 4.78 is 2.18. The van der Waals surface area contributed by atoms with Gasteiger partial charge in [0.1, 0.15) is 0 Å². The van der Waals surface area contributed by atoms with Crippen LogP contribution in [0.4, 0.5) is 5.69 Å². The molecule has 0 spiro atoms. The van der Waals surface area contributed by atoms with E-state index in [1.165, 1.54) is 5.56 Å². The fourth-order valence-corrected chi connectivity index (χ4v) is 3.96. The first-order valence-electron chi connectivity index (χ1n) is 6.59. The third-order valence-electron chi connectivity index (χ3n) is 3.75. The van der Waals surface area contributed by atoms with Crippen molar-refractivity contribution in [3.8, 4) is 0 Å². The Hall–Kier alpha value is -0.510. The van der Waals surface area contributed by atoms with E-state index in [0.29, 0.717) is 12.0 Å². The average molecular weight is 416 g/mol. The van der Waals surface area contributed by atoms with Crippen LogP contribution in [-0.4, -0.2) is 6.04 Å². The molecule has 2 aromatic carbocycles. The molecule has 0 saturated heterocycles. The molecule has 0 bridgehead atoms. The second kappa shape index (κ2) is 6.08. The van der Waals surface area contributed by atoms with E-state index in [-0.39, 0.29) is 0 Å². The second-order valence-corrected chi connectivity index (χ2v) is 7.40. The van der Waals surface area contributed by atoms with Crippen molar-refractivity contribution in [3.63, 3.8) is 0 Å². The van der Waals surface area contributed by atoms with Crippen LogP contribution in [0, 0.1) is 0 Å². The van der Waals surface area contributed by atoms with Gasteiger partial charge in [0.25, 0.3) is 0 Å². The minimum Gasteiger partial charge on any atom is -0.381 e. The number of hydrogen-bond donors (Lipinski definition) is 1. The van der Waals surface area contributed by atoms with Crippen LogP contribution in [0.2, 0.25) is 5.02 Å². The maximum Gasteiger partial charge on any atom is 0.0487 e. The lowest BCUT2D eigenvalue weighted by atomic mass is 9.76. The molecule has 104 valence electrons. The number of benzene rings is 2. The Labute approximate surface area is 141 Å². The van der Waals surface area contributed by atoms with Crippen LogP contribution in [-0.2, 0) is 0 Å². The molecule has 4 heteroatoms. The Morgan fingerprint density at radius 3 is 2.55 bits per heavy atom. The van der Waals surface area contributed by atoms with Crippen molar-refractivity contribution in [3.05, 3.63) is 62.0 Å². The zero-order valence-electron chi connectivity index (χ0n) is 10.7. The molecule has 1 N–H and O–H groups in total. The highest BCUT2D eigenvalue weighted by Gasteiger charge is 2.30. The highest BCUT2D eigenvalue weighted by molar-refractivity contribution is 9.11. The third-order valence-corrected chi connectivity index (χ3v) is 5.13. The zero-order chi connectivity index (χ0) is 14.1. The Morgan fingerprint density at radius 2 is 1.85 bits per heavy atom. The van der Waals surface area contributed by atoms with Crippen molar-refractivity contribution in [2.24, 2.45) is 0 Å². The molecule has 0 heterocycles. The highest BCUT2D eigenvalue weighted by atomic mass is 79.9. The topological polar surface area (TPSA) is 12.0 Å². The van der Waals surface area contributed by atoms with Gasteiger partial charge in [0.15, 0.2) is 0 Å². The van der Waals surface area contributed by atoms with E-state index in [4.69, 9.17) is 11.6 Å². The number of rotatable bonds is 3. The van der Waals surface area contributed by atoms with Crippen molar-refractivity contribution in [2.75, 3.05) is 5.32 Å². The van der Waals surface area contributed by atoms with Gasteiger partial charge in [-0.2, -0.15) is 0 Å². The van der Waals surface area contributed by atoms with Crippen molar-refractivity contribution in [1.82, 2.24) is 0 Å². The van der Waals surface area contributed by atoms with Gasteiger partial charge in [-0.25, -0.2) is 0 Å².